The average molecular weight is 426 g/mol. The summed E-state index contributed by atoms with van der Waals surface area (Å²) in [5, 5.41) is 2.61. The average Bonchev–Trinajstić information content (AvgIpc) is 3.18. The van der Waals surface area contributed by atoms with Gasteiger partial charge in [0.15, 0.2) is 0 Å². The van der Waals surface area contributed by atoms with Gasteiger partial charge in [0.25, 0.3) is 0 Å². The number of hydrogen-bond donors (Lipinski definition) is 0. The molecule has 0 radical (unpaired) electrons. The van der Waals surface area contributed by atoms with Gasteiger partial charge in [-0.05, 0) is 60.4 Å². The van der Waals surface area contributed by atoms with Crippen LogP contribution in [0.5, 0.6) is 0 Å². The monoisotopic (exact) mass is 425 g/mol. The third kappa shape index (κ3) is 3.32. The molecule has 0 saturated heterocycles. The first-order valence-corrected chi connectivity index (χ1v) is 11.7. The number of nitrogens with zero attached hydrogens (tertiary/aromatic N) is 1. The summed E-state index contributed by atoms with van der Waals surface area (Å²) in [5.41, 5.74) is 8.89. The van der Waals surface area contributed by atoms with Crippen LogP contribution in [0, 0.1) is 6.92 Å². The number of rotatable bonds is 3. The molecule has 1 aliphatic rings. The summed E-state index contributed by atoms with van der Waals surface area (Å²) < 4.78 is 2.40. The number of para-hydroxylation sites is 1. The van der Waals surface area contributed by atoms with Gasteiger partial charge >= 0.3 is 0 Å². The fourth-order valence-corrected chi connectivity index (χ4v) is 5.18. The van der Waals surface area contributed by atoms with Crippen LogP contribution in [-0.4, -0.2) is 4.57 Å². The molecule has 1 unspecified atom stereocenters. The van der Waals surface area contributed by atoms with Crippen LogP contribution < -0.4 is 0 Å². The Bertz CT molecular complexity index is 1560. The summed E-state index contributed by atoms with van der Waals surface area (Å²) in [6, 6.07) is 33.4. The molecule has 1 heteroatoms. The largest absolute Gasteiger partial charge is 0.309 e. The van der Waals surface area contributed by atoms with Crippen LogP contribution >= 0.6 is 0 Å². The van der Waals surface area contributed by atoms with Crippen molar-refractivity contribution in [3.05, 3.63) is 126 Å². The molecule has 0 amide bonds. The van der Waals surface area contributed by atoms with Gasteiger partial charge in [-0.1, -0.05) is 97.5 Å². The minimum absolute atomic E-state index is 0.0487. The van der Waals surface area contributed by atoms with E-state index in [1.807, 2.05) is 0 Å². The van der Waals surface area contributed by atoms with E-state index in [1.165, 1.54) is 49.7 Å². The lowest BCUT2D eigenvalue weighted by molar-refractivity contribution is 0.600. The number of hydrogen-bond acceptors (Lipinski definition) is 0. The number of aryl methyl sites for hydroxylation is 1. The summed E-state index contributed by atoms with van der Waals surface area (Å²) in [6.45, 7) is 4.49. The third-order valence-electron chi connectivity index (χ3n) is 7.04. The number of fused-ring (bicyclic) bond motifs is 3. The van der Waals surface area contributed by atoms with Gasteiger partial charge in [-0.15, -0.1) is 0 Å². The predicted octanol–water partition coefficient (Wildman–Crippen LogP) is 8.53. The number of aromatic nitrogens is 1. The summed E-state index contributed by atoms with van der Waals surface area (Å²) >= 11 is 0. The van der Waals surface area contributed by atoms with Crippen molar-refractivity contribution in [1.82, 2.24) is 4.57 Å². The number of allylic oxidation sites excluding steroid dienone is 4. The van der Waals surface area contributed by atoms with Crippen molar-refractivity contribution in [3.63, 3.8) is 0 Å². The maximum atomic E-state index is 2.40. The molecule has 1 aliphatic carbocycles. The standard InChI is InChI=1S/C32H27N/c1-23-16-17-31-29(20-23)28-14-4-5-15-30(28)33(31)27-13-9-11-25(22-27)24-10-8-12-26(21-24)32(2)18-6-3-7-19-32/h3-18,20-22H,19H2,1-2H3. The van der Waals surface area contributed by atoms with Gasteiger partial charge < -0.3 is 4.57 Å². The molecular weight excluding hydrogens is 398 g/mol. The minimum Gasteiger partial charge on any atom is -0.309 e. The molecule has 4 aromatic carbocycles. The highest BCUT2D eigenvalue weighted by molar-refractivity contribution is 6.09. The Morgan fingerprint density at radius 3 is 2.33 bits per heavy atom. The SMILES string of the molecule is Cc1ccc2c(c1)c1ccccc1n2-c1cccc(-c2cccc(C3(C)C=CC=CC3)c2)c1. The molecule has 0 fully saturated rings. The van der Waals surface area contributed by atoms with Crippen LogP contribution in [0.3, 0.4) is 0 Å². The summed E-state index contributed by atoms with van der Waals surface area (Å²) in [4.78, 5) is 0. The molecular formula is C32H27N. The Balaban J connectivity index is 1.51. The molecule has 1 aromatic heterocycles. The third-order valence-corrected chi connectivity index (χ3v) is 7.04. The maximum absolute atomic E-state index is 2.40. The van der Waals surface area contributed by atoms with Crippen molar-refractivity contribution in [2.45, 2.75) is 25.7 Å². The van der Waals surface area contributed by atoms with E-state index in [0.717, 1.165) is 6.42 Å². The molecule has 1 heterocycles. The van der Waals surface area contributed by atoms with Crippen LogP contribution in [0.4, 0.5) is 0 Å². The molecule has 0 spiro atoms. The van der Waals surface area contributed by atoms with Crippen LogP contribution in [0.15, 0.2) is 115 Å². The Kier molecular flexibility index (Phi) is 4.58. The van der Waals surface area contributed by atoms with Gasteiger partial charge in [0, 0.05) is 21.9 Å². The number of benzene rings is 4. The van der Waals surface area contributed by atoms with E-state index in [9.17, 15) is 0 Å². The normalized spacial score (nSPS) is 17.8. The van der Waals surface area contributed by atoms with E-state index < -0.39 is 0 Å². The molecule has 160 valence electrons. The van der Waals surface area contributed by atoms with Gasteiger partial charge in [0.05, 0.1) is 11.0 Å². The van der Waals surface area contributed by atoms with E-state index in [-0.39, 0.29) is 5.41 Å². The smallest absolute Gasteiger partial charge is 0.0541 e. The van der Waals surface area contributed by atoms with E-state index >= 15 is 0 Å². The highest BCUT2D eigenvalue weighted by Gasteiger charge is 2.23. The second-order valence-electron chi connectivity index (χ2n) is 9.41. The van der Waals surface area contributed by atoms with Crippen molar-refractivity contribution in [3.8, 4) is 16.8 Å². The Morgan fingerprint density at radius 1 is 0.697 bits per heavy atom. The Labute approximate surface area is 195 Å². The van der Waals surface area contributed by atoms with Crippen LogP contribution in [-0.2, 0) is 5.41 Å². The summed E-state index contributed by atoms with van der Waals surface area (Å²) in [5.74, 6) is 0. The zero-order chi connectivity index (χ0) is 22.4. The topological polar surface area (TPSA) is 4.93 Å². The molecule has 6 rings (SSSR count). The molecule has 33 heavy (non-hydrogen) atoms. The highest BCUT2D eigenvalue weighted by Crippen LogP contribution is 2.36. The van der Waals surface area contributed by atoms with Crippen LogP contribution in [0.25, 0.3) is 38.6 Å². The fourth-order valence-electron chi connectivity index (χ4n) is 5.18. The second kappa shape index (κ2) is 7.64. The maximum Gasteiger partial charge on any atom is 0.0541 e. The molecule has 0 aliphatic heterocycles. The lowest BCUT2D eigenvalue weighted by atomic mass is 9.77. The van der Waals surface area contributed by atoms with Gasteiger partial charge in [-0.3, -0.25) is 0 Å². The quantitative estimate of drug-likeness (QED) is 0.273. The van der Waals surface area contributed by atoms with Crippen LogP contribution in [0.1, 0.15) is 24.5 Å². The summed E-state index contributed by atoms with van der Waals surface area (Å²) in [7, 11) is 0. The van der Waals surface area contributed by atoms with E-state index in [1.54, 1.807) is 0 Å². The van der Waals surface area contributed by atoms with Crippen molar-refractivity contribution >= 4 is 21.8 Å². The van der Waals surface area contributed by atoms with Gasteiger partial charge in [0.2, 0.25) is 0 Å². The predicted molar refractivity (Wildman–Crippen MR) is 141 cm³/mol. The first kappa shape index (κ1) is 19.8. The molecule has 1 atom stereocenters. The summed E-state index contributed by atoms with van der Waals surface area (Å²) in [6.07, 6.45) is 9.93. The van der Waals surface area contributed by atoms with Gasteiger partial charge in [-0.2, -0.15) is 0 Å². The lowest BCUT2D eigenvalue weighted by Crippen LogP contribution is -2.19. The highest BCUT2D eigenvalue weighted by atomic mass is 15.0. The molecule has 0 bridgehead atoms. The van der Waals surface area contributed by atoms with Crippen LogP contribution in [0.2, 0.25) is 0 Å². The van der Waals surface area contributed by atoms with E-state index in [4.69, 9.17) is 0 Å². The first-order chi connectivity index (χ1) is 16.1. The van der Waals surface area contributed by atoms with E-state index in [2.05, 4.69) is 134 Å². The fraction of sp³-hybridized carbons (Fsp3) is 0.125. The van der Waals surface area contributed by atoms with Gasteiger partial charge in [-0.25, -0.2) is 0 Å². The van der Waals surface area contributed by atoms with Gasteiger partial charge in [0.1, 0.15) is 0 Å². The zero-order valence-electron chi connectivity index (χ0n) is 19.1. The molecule has 1 nitrogen and oxygen atoms in total. The Hall–Kier alpha value is -3.84. The van der Waals surface area contributed by atoms with Crippen molar-refractivity contribution < 1.29 is 0 Å². The minimum atomic E-state index is 0.0487. The van der Waals surface area contributed by atoms with Crippen molar-refractivity contribution in [2.75, 3.05) is 0 Å². The molecule has 0 saturated carbocycles. The van der Waals surface area contributed by atoms with Crippen molar-refractivity contribution in [2.24, 2.45) is 0 Å². The van der Waals surface area contributed by atoms with Crippen molar-refractivity contribution in [1.29, 1.82) is 0 Å². The molecule has 0 N–H and O–H groups in total. The first-order valence-electron chi connectivity index (χ1n) is 11.7. The zero-order valence-corrected chi connectivity index (χ0v) is 19.1. The van der Waals surface area contributed by atoms with E-state index in [0.29, 0.717) is 0 Å². The second-order valence-corrected chi connectivity index (χ2v) is 9.41. The lowest BCUT2D eigenvalue weighted by Gasteiger charge is -2.27. The molecule has 5 aromatic rings. The Morgan fingerprint density at radius 2 is 1.48 bits per heavy atom.